The van der Waals surface area contributed by atoms with Crippen molar-refractivity contribution in [3.8, 4) is 0 Å². The second kappa shape index (κ2) is 10.7. The molecular weight excluding hydrogens is 464 g/mol. The largest absolute Gasteiger partial charge is 0.452 e. The first-order chi connectivity index (χ1) is 16.9. The normalized spacial score (nSPS) is 14.0. The number of rotatable bonds is 8. The lowest BCUT2D eigenvalue weighted by atomic mass is 10.0. The number of nitrogens with zero attached hydrogens (tertiary/aromatic N) is 1. The van der Waals surface area contributed by atoms with Crippen molar-refractivity contribution in [3.05, 3.63) is 95.6 Å². The van der Waals surface area contributed by atoms with E-state index in [1.54, 1.807) is 0 Å². The van der Waals surface area contributed by atoms with Crippen molar-refractivity contribution < 1.29 is 22.7 Å². The van der Waals surface area contributed by atoms with E-state index in [0.29, 0.717) is 18.8 Å². The van der Waals surface area contributed by atoms with Crippen LogP contribution >= 0.6 is 0 Å². The molecule has 1 amide bonds. The fourth-order valence-electron chi connectivity index (χ4n) is 4.07. The third kappa shape index (κ3) is 5.71. The van der Waals surface area contributed by atoms with Crippen LogP contribution < -0.4 is 9.62 Å². The van der Waals surface area contributed by atoms with Crippen molar-refractivity contribution in [2.45, 2.75) is 30.6 Å². The minimum absolute atomic E-state index is 0.0957. The van der Waals surface area contributed by atoms with Crippen molar-refractivity contribution in [2.24, 2.45) is 0 Å². The Hall–Kier alpha value is -3.65. The number of carbonyl (C=O) groups is 2. The van der Waals surface area contributed by atoms with Gasteiger partial charge in [-0.15, -0.1) is 0 Å². The van der Waals surface area contributed by atoms with Gasteiger partial charge in [-0.25, -0.2) is 13.2 Å². The fraction of sp³-hybridized carbons (Fsp3) is 0.259. The van der Waals surface area contributed by atoms with Crippen molar-refractivity contribution >= 4 is 27.6 Å². The Balaban J connectivity index is 1.33. The number of aryl methyl sites for hydroxylation is 1. The molecule has 0 aromatic heterocycles. The number of para-hydroxylation sites is 1. The number of nitrogens with one attached hydrogen (secondary N) is 1. The third-order valence-electron chi connectivity index (χ3n) is 6.05. The number of esters is 1. The van der Waals surface area contributed by atoms with Gasteiger partial charge in [0.2, 0.25) is 0 Å². The average Bonchev–Trinajstić information content (AvgIpc) is 2.90. The lowest BCUT2D eigenvalue weighted by Gasteiger charge is -2.30. The summed E-state index contributed by atoms with van der Waals surface area (Å²) in [5.41, 5.74) is 2.97. The number of amides is 1. The van der Waals surface area contributed by atoms with Crippen LogP contribution in [-0.4, -0.2) is 40.0 Å². The smallest absolute Gasteiger partial charge is 0.338 e. The van der Waals surface area contributed by atoms with Crippen LogP contribution in [0.1, 0.15) is 40.7 Å². The highest BCUT2D eigenvalue weighted by molar-refractivity contribution is 7.92. The molecule has 1 unspecified atom stereocenters. The molecule has 0 spiro atoms. The maximum absolute atomic E-state index is 13.2. The number of ether oxygens (including phenoxy) is 1. The summed E-state index contributed by atoms with van der Waals surface area (Å²) in [5.74, 6) is -0.968. The van der Waals surface area contributed by atoms with Gasteiger partial charge in [-0.2, -0.15) is 0 Å². The lowest BCUT2D eigenvalue weighted by Crippen LogP contribution is -2.35. The molecule has 1 aliphatic rings. The Labute approximate surface area is 205 Å². The molecule has 1 atom stereocenters. The SMILES string of the molecule is CC(CNC(=O)COC(=O)c1ccc(S(=O)(=O)N2CCCc3ccccc32)cc1)c1ccccc1. The molecule has 182 valence electrons. The second-order valence-corrected chi connectivity index (χ2v) is 10.4. The molecule has 0 radical (unpaired) electrons. The summed E-state index contributed by atoms with van der Waals surface area (Å²) < 4.78 is 33.0. The van der Waals surface area contributed by atoms with E-state index < -0.39 is 28.5 Å². The first-order valence-electron chi connectivity index (χ1n) is 11.6. The van der Waals surface area contributed by atoms with Gasteiger partial charge in [0, 0.05) is 13.1 Å². The number of sulfonamides is 1. The highest BCUT2D eigenvalue weighted by Crippen LogP contribution is 2.31. The summed E-state index contributed by atoms with van der Waals surface area (Å²) in [6.07, 6.45) is 1.58. The zero-order chi connectivity index (χ0) is 24.8. The van der Waals surface area contributed by atoms with Crippen LogP contribution in [0.5, 0.6) is 0 Å². The standard InChI is InChI=1S/C27H28N2O5S/c1-20(21-8-3-2-4-9-21)18-28-26(30)19-34-27(31)23-13-15-24(16-14-23)35(32,33)29-17-7-11-22-10-5-6-12-25(22)29/h2-6,8-10,12-16,20H,7,11,17-19H2,1H3,(H,28,30). The van der Waals surface area contributed by atoms with E-state index in [0.717, 1.165) is 24.0 Å². The zero-order valence-electron chi connectivity index (χ0n) is 19.5. The average molecular weight is 493 g/mol. The van der Waals surface area contributed by atoms with E-state index in [-0.39, 0.29) is 16.4 Å². The Morgan fingerprint density at radius 2 is 1.66 bits per heavy atom. The van der Waals surface area contributed by atoms with Gasteiger partial charge in [-0.1, -0.05) is 55.5 Å². The maximum Gasteiger partial charge on any atom is 0.338 e. The third-order valence-corrected chi connectivity index (χ3v) is 7.88. The second-order valence-electron chi connectivity index (χ2n) is 8.53. The monoisotopic (exact) mass is 492 g/mol. The van der Waals surface area contributed by atoms with Gasteiger partial charge in [-0.3, -0.25) is 9.10 Å². The summed E-state index contributed by atoms with van der Waals surface area (Å²) >= 11 is 0. The van der Waals surface area contributed by atoms with Crippen molar-refractivity contribution in [2.75, 3.05) is 24.0 Å². The minimum Gasteiger partial charge on any atom is -0.452 e. The molecule has 0 saturated heterocycles. The van der Waals surface area contributed by atoms with Gasteiger partial charge in [0.1, 0.15) is 0 Å². The van der Waals surface area contributed by atoms with Crippen LogP contribution in [0.25, 0.3) is 0 Å². The molecule has 0 bridgehead atoms. The number of benzene rings is 3. The maximum atomic E-state index is 13.2. The van der Waals surface area contributed by atoms with E-state index >= 15 is 0 Å². The van der Waals surface area contributed by atoms with Crippen LogP contribution in [0.4, 0.5) is 5.69 Å². The highest BCUT2D eigenvalue weighted by atomic mass is 32.2. The minimum atomic E-state index is -3.76. The first kappa shape index (κ1) is 24.5. The highest BCUT2D eigenvalue weighted by Gasteiger charge is 2.29. The van der Waals surface area contributed by atoms with Crippen LogP contribution in [-0.2, 0) is 26.0 Å². The summed E-state index contributed by atoms with van der Waals surface area (Å²) in [4.78, 5) is 24.6. The molecular formula is C27H28N2O5S. The summed E-state index contributed by atoms with van der Waals surface area (Å²) in [5, 5.41) is 2.76. The predicted molar refractivity (Wildman–Crippen MR) is 134 cm³/mol. The Morgan fingerprint density at radius 1 is 0.971 bits per heavy atom. The van der Waals surface area contributed by atoms with Gasteiger partial charge in [0.15, 0.2) is 6.61 Å². The molecule has 35 heavy (non-hydrogen) atoms. The van der Waals surface area contributed by atoms with Gasteiger partial charge in [0.25, 0.3) is 15.9 Å². The molecule has 0 fully saturated rings. The Morgan fingerprint density at radius 3 is 2.40 bits per heavy atom. The molecule has 7 nitrogen and oxygen atoms in total. The van der Waals surface area contributed by atoms with E-state index in [1.807, 2.05) is 61.5 Å². The fourth-order valence-corrected chi connectivity index (χ4v) is 5.61. The summed E-state index contributed by atoms with van der Waals surface area (Å²) in [6.45, 7) is 2.42. The molecule has 0 aliphatic carbocycles. The van der Waals surface area contributed by atoms with Crippen LogP contribution in [0.3, 0.4) is 0 Å². The van der Waals surface area contributed by atoms with Gasteiger partial charge in [-0.05, 0) is 60.2 Å². The number of carbonyl (C=O) groups excluding carboxylic acids is 2. The quantitative estimate of drug-likeness (QED) is 0.482. The predicted octanol–water partition coefficient (Wildman–Crippen LogP) is 3.90. The molecule has 3 aromatic carbocycles. The van der Waals surface area contributed by atoms with E-state index in [9.17, 15) is 18.0 Å². The van der Waals surface area contributed by atoms with Crippen molar-refractivity contribution in [1.29, 1.82) is 0 Å². The lowest BCUT2D eigenvalue weighted by molar-refractivity contribution is -0.124. The Kier molecular flexibility index (Phi) is 7.51. The van der Waals surface area contributed by atoms with Crippen molar-refractivity contribution in [3.63, 3.8) is 0 Å². The van der Waals surface area contributed by atoms with Gasteiger partial charge in [0.05, 0.1) is 16.1 Å². The van der Waals surface area contributed by atoms with Crippen molar-refractivity contribution in [1.82, 2.24) is 5.32 Å². The Bertz CT molecular complexity index is 1290. The topological polar surface area (TPSA) is 92.8 Å². The summed E-state index contributed by atoms with van der Waals surface area (Å²) in [6, 6.07) is 22.9. The number of hydrogen-bond acceptors (Lipinski definition) is 5. The molecule has 1 N–H and O–H groups in total. The number of anilines is 1. The van der Waals surface area contributed by atoms with E-state index in [2.05, 4.69) is 5.32 Å². The zero-order valence-corrected chi connectivity index (χ0v) is 20.3. The first-order valence-corrected chi connectivity index (χ1v) is 13.0. The van der Waals surface area contributed by atoms with Gasteiger partial charge < -0.3 is 10.1 Å². The molecule has 0 saturated carbocycles. The van der Waals surface area contributed by atoms with E-state index in [1.165, 1.54) is 28.6 Å². The number of hydrogen-bond donors (Lipinski definition) is 1. The molecule has 8 heteroatoms. The molecule has 1 heterocycles. The number of fused-ring (bicyclic) bond motifs is 1. The van der Waals surface area contributed by atoms with Gasteiger partial charge >= 0.3 is 5.97 Å². The molecule has 3 aromatic rings. The van der Waals surface area contributed by atoms with Crippen LogP contribution in [0.15, 0.2) is 83.8 Å². The summed E-state index contributed by atoms with van der Waals surface area (Å²) in [7, 11) is -3.76. The molecule has 4 rings (SSSR count). The van der Waals surface area contributed by atoms with Crippen LogP contribution in [0, 0.1) is 0 Å². The van der Waals surface area contributed by atoms with Crippen LogP contribution in [0.2, 0.25) is 0 Å². The van der Waals surface area contributed by atoms with E-state index in [4.69, 9.17) is 4.74 Å². The molecule has 1 aliphatic heterocycles.